The van der Waals surface area contributed by atoms with Crippen molar-refractivity contribution in [3.05, 3.63) is 66.5 Å². The Balaban J connectivity index is 1.61. The van der Waals surface area contributed by atoms with E-state index in [0.29, 0.717) is 11.5 Å². The molecule has 0 aliphatic rings. The van der Waals surface area contributed by atoms with Crippen LogP contribution in [-0.4, -0.2) is 36.1 Å². The Morgan fingerprint density at radius 3 is 2.07 bits per heavy atom. The first-order chi connectivity index (χ1) is 14.1. The molecule has 0 saturated heterocycles. The molecule has 1 aromatic heterocycles. The Kier molecular flexibility index (Phi) is 6.63. The number of aromatic nitrogens is 2. The molecule has 7 heteroatoms. The second kappa shape index (κ2) is 9.54. The number of rotatable bonds is 8. The molecule has 0 unspecified atom stereocenters. The Morgan fingerprint density at radius 2 is 1.52 bits per heavy atom. The van der Waals surface area contributed by atoms with Crippen molar-refractivity contribution in [3.63, 3.8) is 0 Å². The maximum Gasteiger partial charge on any atom is 0.258 e. The molecule has 3 rings (SSSR count). The van der Waals surface area contributed by atoms with Gasteiger partial charge in [0.15, 0.2) is 0 Å². The first kappa shape index (κ1) is 20.1. The smallest absolute Gasteiger partial charge is 0.258 e. The third-order valence-electron chi connectivity index (χ3n) is 4.51. The van der Waals surface area contributed by atoms with Crippen molar-refractivity contribution in [1.82, 2.24) is 9.97 Å². The minimum atomic E-state index is -0.253. The molecular formula is C22H25N5O2. The summed E-state index contributed by atoms with van der Waals surface area (Å²) in [5.41, 5.74) is 3.08. The summed E-state index contributed by atoms with van der Waals surface area (Å²) in [6, 6.07) is 15.2. The van der Waals surface area contributed by atoms with E-state index in [-0.39, 0.29) is 5.91 Å². The predicted octanol–water partition coefficient (Wildman–Crippen LogP) is 4.33. The molecule has 0 aliphatic heterocycles. The lowest BCUT2D eigenvalue weighted by atomic mass is 10.2. The largest absolute Gasteiger partial charge is 0.497 e. The molecule has 0 radical (unpaired) electrons. The van der Waals surface area contributed by atoms with Gasteiger partial charge in [-0.15, -0.1) is 0 Å². The highest BCUT2D eigenvalue weighted by Gasteiger charge is 2.09. The van der Waals surface area contributed by atoms with E-state index in [4.69, 9.17) is 4.74 Å². The van der Waals surface area contributed by atoms with Gasteiger partial charge in [-0.3, -0.25) is 4.79 Å². The number of anilines is 4. The van der Waals surface area contributed by atoms with Crippen molar-refractivity contribution in [3.8, 4) is 5.75 Å². The van der Waals surface area contributed by atoms with Crippen molar-refractivity contribution in [2.75, 3.05) is 35.7 Å². The van der Waals surface area contributed by atoms with Gasteiger partial charge in [-0.25, -0.2) is 9.97 Å². The Labute approximate surface area is 170 Å². The van der Waals surface area contributed by atoms with E-state index >= 15 is 0 Å². The van der Waals surface area contributed by atoms with Gasteiger partial charge in [-0.1, -0.05) is 0 Å². The molecule has 0 saturated carbocycles. The summed E-state index contributed by atoms with van der Waals surface area (Å²) in [5, 5.41) is 5.96. The van der Waals surface area contributed by atoms with Crippen LogP contribution in [0.4, 0.5) is 23.0 Å². The average Bonchev–Trinajstić information content (AvgIpc) is 2.77. The molecule has 0 aliphatic carbocycles. The van der Waals surface area contributed by atoms with Gasteiger partial charge in [0.25, 0.3) is 5.91 Å². The fourth-order valence-electron chi connectivity index (χ4n) is 2.86. The number of amides is 1. The highest BCUT2D eigenvalue weighted by molar-refractivity contribution is 6.04. The molecule has 0 fully saturated rings. The van der Waals surface area contributed by atoms with Crippen molar-refractivity contribution in [1.29, 1.82) is 0 Å². The fourth-order valence-corrected chi connectivity index (χ4v) is 2.86. The molecule has 0 atom stereocenters. The van der Waals surface area contributed by atoms with Crippen LogP contribution in [0.25, 0.3) is 0 Å². The van der Waals surface area contributed by atoms with Crippen LogP contribution < -0.4 is 20.3 Å². The standard InChI is InChI=1S/C22H25N5O2/c1-4-27(5-2)19-10-6-17(7-11-19)25-21(28)16-14-23-22(24-15-16)26-18-8-12-20(29-3)13-9-18/h6-15H,4-5H2,1-3H3,(H,25,28)(H,23,24,26). The third kappa shape index (κ3) is 5.22. The molecule has 1 heterocycles. The summed E-state index contributed by atoms with van der Waals surface area (Å²) in [7, 11) is 1.62. The monoisotopic (exact) mass is 391 g/mol. The van der Waals surface area contributed by atoms with Crippen LogP contribution in [0.1, 0.15) is 24.2 Å². The zero-order valence-electron chi connectivity index (χ0n) is 16.8. The molecule has 1 amide bonds. The van der Waals surface area contributed by atoms with Crippen LogP contribution in [0.3, 0.4) is 0 Å². The second-order valence-electron chi connectivity index (χ2n) is 6.32. The molecule has 150 valence electrons. The molecule has 29 heavy (non-hydrogen) atoms. The van der Waals surface area contributed by atoms with E-state index in [9.17, 15) is 4.79 Å². The number of hydrogen-bond donors (Lipinski definition) is 2. The molecular weight excluding hydrogens is 366 g/mol. The number of methoxy groups -OCH3 is 1. The summed E-state index contributed by atoms with van der Waals surface area (Å²) in [5.74, 6) is 0.931. The minimum Gasteiger partial charge on any atom is -0.497 e. The van der Waals surface area contributed by atoms with E-state index in [1.165, 1.54) is 12.4 Å². The number of ether oxygens (including phenoxy) is 1. The van der Waals surface area contributed by atoms with Crippen molar-refractivity contribution in [2.45, 2.75) is 13.8 Å². The summed E-state index contributed by atoms with van der Waals surface area (Å²) in [6.07, 6.45) is 3.00. The van der Waals surface area contributed by atoms with Crippen molar-refractivity contribution in [2.24, 2.45) is 0 Å². The van der Waals surface area contributed by atoms with Crippen LogP contribution >= 0.6 is 0 Å². The third-order valence-corrected chi connectivity index (χ3v) is 4.51. The summed E-state index contributed by atoms with van der Waals surface area (Å²) >= 11 is 0. The molecule has 0 bridgehead atoms. The molecule has 2 N–H and O–H groups in total. The summed E-state index contributed by atoms with van der Waals surface area (Å²) in [4.78, 5) is 23.1. The highest BCUT2D eigenvalue weighted by Crippen LogP contribution is 2.19. The predicted molar refractivity (Wildman–Crippen MR) is 116 cm³/mol. The van der Waals surface area contributed by atoms with Crippen LogP contribution in [-0.2, 0) is 0 Å². The number of nitrogens with zero attached hydrogens (tertiary/aromatic N) is 3. The van der Waals surface area contributed by atoms with Crippen molar-refractivity contribution >= 4 is 28.9 Å². The van der Waals surface area contributed by atoms with E-state index < -0.39 is 0 Å². The average molecular weight is 391 g/mol. The number of hydrogen-bond acceptors (Lipinski definition) is 6. The van der Waals surface area contributed by atoms with Gasteiger partial charge in [-0.05, 0) is 62.4 Å². The van der Waals surface area contributed by atoms with E-state index in [1.807, 2.05) is 48.5 Å². The zero-order valence-corrected chi connectivity index (χ0v) is 16.8. The normalized spacial score (nSPS) is 10.3. The Bertz CT molecular complexity index is 921. The molecule has 3 aromatic rings. The quantitative estimate of drug-likeness (QED) is 0.595. The first-order valence-corrected chi connectivity index (χ1v) is 9.52. The topological polar surface area (TPSA) is 79.4 Å². The van der Waals surface area contributed by atoms with E-state index in [2.05, 4.69) is 39.3 Å². The van der Waals surface area contributed by atoms with E-state index in [0.717, 1.165) is 35.9 Å². The summed E-state index contributed by atoms with van der Waals surface area (Å²) in [6.45, 7) is 6.12. The van der Waals surface area contributed by atoms with Crippen LogP contribution in [0, 0.1) is 0 Å². The number of nitrogens with one attached hydrogen (secondary N) is 2. The fraction of sp³-hybridized carbons (Fsp3) is 0.227. The lowest BCUT2D eigenvalue weighted by Gasteiger charge is -2.21. The maximum atomic E-state index is 12.4. The number of benzene rings is 2. The Morgan fingerprint density at radius 1 is 0.931 bits per heavy atom. The second-order valence-corrected chi connectivity index (χ2v) is 6.32. The lowest BCUT2D eigenvalue weighted by molar-refractivity contribution is 0.102. The maximum absolute atomic E-state index is 12.4. The Hall–Kier alpha value is -3.61. The molecule has 0 spiro atoms. The minimum absolute atomic E-state index is 0.253. The first-order valence-electron chi connectivity index (χ1n) is 9.52. The zero-order chi connectivity index (χ0) is 20.6. The SMILES string of the molecule is CCN(CC)c1ccc(NC(=O)c2cnc(Nc3ccc(OC)cc3)nc2)cc1. The van der Waals surface area contributed by atoms with Gasteiger partial charge >= 0.3 is 0 Å². The van der Waals surface area contributed by atoms with Gasteiger partial charge in [0.1, 0.15) is 5.75 Å². The summed E-state index contributed by atoms with van der Waals surface area (Å²) < 4.78 is 5.13. The van der Waals surface area contributed by atoms with Gasteiger partial charge in [0.05, 0.1) is 12.7 Å². The van der Waals surface area contributed by atoms with Crippen LogP contribution in [0.5, 0.6) is 5.75 Å². The van der Waals surface area contributed by atoms with Gasteiger partial charge < -0.3 is 20.3 Å². The van der Waals surface area contributed by atoms with Crippen LogP contribution in [0.2, 0.25) is 0 Å². The highest BCUT2D eigenvalue weighted by atomic mass is 16.5. The van der Waals surface area contributed by atoms with Gasteiger partial charge in [0, 0.05) is 42.5 Å². The van der Waals surface area contributed by atoms with Crippen LogP contribution in [0.15, 0.2) is 60.9 Å². The van der Waals surface area contributed by atoms with Gasteiger partial charge in [0.2, 0.25) is 5.95 Å². The molecule has 2 aromatic carbocycles. The molecule has 7 nitrogen and oxygen atoms in total. The van der Waals surface area contributed by atoms with E-state index in [1.54, 1.807) is 7.11 Å². The van der Waals surface area contributed by atoms with Crippen molar-refractivity contribution < 1.29 is 9.53 Å². The number of carbonyl (C=O) groups excluding carboxylic acids is 1. The number of carbonyl (C=O) groups is 1. The lowest BCUT2D eigenvalue weighted by Crippen LogP contribution is -2.21. The van der Waals surface area contributed by atoms with Gasteiger partial charge in [-0.2, -0.15) is 0 Å².